The van der Waals surface area contributed by atoms with Crippen molar-refractivity contribution in [1.82, 2.24) is 0 Å². The first-order chi connectivity index (χ1) is 14.2. The molecule has 5 heteroatoms. The summed E-state index contributed by atoms with van der Waals surface area (Å²) >= 11 is 1.01. The van der Waals surface area contributed by atoms with E-state index in [4.69, 9.17) is 0 Å². The van der Waals surface area contributed by atoms with Gasteiger partial charge in [-0.05, 0) is 98.8 Å². The van der Waals surface area contributed by atoms with Gasteiger partial charge in [0.05, 0.1) is 10.6 Å². The number of carbonyl (C=O) groups excluding carboxylic acids is 2. The molecule has 2 aromatic carbocycles. The van der Waals surface area contributed by atoms with Gasteiger partial charge in [0.2, 0.25) is 0 Å². The molecular weight excluding hydrogens is 392 g/mol. The first-order valence-corrected chi connectivity index (χ1v) is 11.3. The van der Waals surface area contributed by atoms with Gasteiger partial charge in [-0.25, -0.2) is 4.90 Å². The van der Waals surface area contributed by atoms with Crippen LogP contribution in [0.25, 0.3) is 6.08 Å². The molecule has 4 rings (SSSR count). The lowest BCUT2D eigenvalue weighted by atomic mass is 9.79. The predicted octanol–water partition coefficient (Wildman–Crippen LogP) is 6.35. The number of rotatable bonds is 3. The molecule has 30 heavy (non-hydrogen) atoms. The summed E-state index contributed by atoms with van der Waals surface area (Å²) in [6.07, 6.45) is 2.97. The third-order valence-electron chi connectivity index (χ3n) is 6.18. The van der Waals surface area contributed by atoms with Crippen molar-refractivity contribution in [2.75, 3.05) is 16.3 Å². The number of anilines is 2. The maximum atomic E-state index is 13.0. The summed E-state index contributed by atoms with van der Waals surface area (Å²) in [4.78, 5) is 29.7. The van der Waals surface area contributed by atoms with E-state index in [1.807, 2.05) is 24.3 Å². The zero-order valence-electron chi connectivity index (χ0n) is 18.2. The van der Waals surface area contributed by atoms with Gasteiger partial charge in [0, 0.05) is 17.8 Å². The molecule has 1 saturated heterocycles. The maximum absolute atomic E-state index is 13.0. The van der Waals surface area contributed by atoms with Crippen LogP contribution in [0.3, 0.4) is 0 Å². The van der Waals surface area contributed by atoms with E-state index in [9.17, 15) is 9.59 Å². The van der Waals surface area contributed by atoms with E-state index in [0.29, 0.717) is 16.5 Å². The van der Waals surface area contributed by atoms with E-state index in [-0.39, 0.29) is 16.7 Å². The monoisotopic (exact) mass is 420 g/mol. The van der Waals surface area contributed by atoms with Crippen LogP contribution in [0.4, 0.5) is 16.2 Å². The third kappa shape index (κ3) is 3.45. The van der Waals surface area contributed by atoms with Gasteiger partial charge >= 0.3 is 0 Å². The van der Waals surface area contributed by atoms with E-state index in [1.165, 1.54) is 16.2 Å². The van der Waals surface area contributed by atoms with E-state index in [0.717, 1.165) is 35.9 Å². The van der Waals surface area contributed by atoms with E-state index < -0.39 is 0 Å². The number of hydrogen-bond acceptors (Lipinski definition) is 4. The number of nitrogens with zero attached hydrogens (tertiary/aromatic N) is 2. The molecule has 2 aliphatic heterocycles. The molecule has 0 unspecified atom stereocenters. The minimum absolute atomic E-state index is 0.119. The summed E-state index contributed by atoms with van der Waals surface area (Å²) in [5, 5.41) is -0.250. The highest BCUT2D eigenvalue weighted by Gasteiger charge is 2.38. The van der Waals surface area contributed by atoms with Crippen molar-refractivity contribution in [2.45, 2.75) is 52.5 Å². The van der Waals surface area contributed by atoms with Crippen LogP contribution >= 0.6 is 11.8 Å². The molecule has 1 fully saturated rings. The largest absolute Gasteiger partial charge is 0.366 e. The maximum Gasteiger partial charge on any atom is 0.298 e. The molecule has 156 valence electrons. The van der Waals surface area contributed by atoms with E-state index in [2.05, 4.69) is 51.7 Å². The van der Waals surface area contributed by atoms with Crippen LogP contribution in [0, 0.1) is 6.92 Å². The van der Waals surface area contributed by atoms with Crippen molar-refractivity contribution in [2.24, 2.45) is 0 Å². The zero-order chi connectivity index (χ0) is 21.6. The fraction of sp³-hybridized carbons (Fsp3) is 0.360. The van der Waals surface area contributed by atoms with Crippen LogP contribution in [0.2, 0.25) is 0 Å². The molecule has 0 N–H and O–H groups in total. The van der Waals surface area contributed by atoms with Crippen molar-refractivity contribution in [1.29, 1.82) is 0 Å². The van der Waals surface area contributed by atoms with Crippen molar-refractivity contribution in [3.63, 3.8) is 0 Å². The number of benzene rings is 2. The lowest BCUT2D eigenvalue weighted by Gasteiger charge is -2.47. The van der Waals surface area contributed by atoms with E-state index in [1.54, 1.807) is 12.1 Å². The Balaban J connectivity index is 1.73. The molecular formula is C25H28N2O2S. The van der Waals surface area contributed by atoms with Crippen LogP contribution in [-0.4, -0.2) is 23.2 Å². The Kier molecular flexibility index (Phi) is 5.27. The molecule has 0 aromatic heterocycles. The zero-order valence-corrected chi connectivity index (χ0v) is 19.0. The van der Waals surface area contributed by atoms with Crippen LogP contribution in [0.5, 0.6) is 0 Å². The van der Waals surface area contributed by atoms with Gasteiger partial charge in [0.25, 0.3) is 11.1 Å². The van der Waals surface area contributed by atoms with Gasteiger partial charge in [-0.15, -0.1) is 0 Å². The molecule has 1 atom stereocenters. The van der Waals surface area contributed by atoms with Crippen molar-refractivity contribution < 1.29 is 9.59 Å². The molecule has 0 spiro atoms. The molecule has 0 saturated carbocycles. The van der Waals surface area contributed by atoms with Crippen LogP contribution in [-0.2, 0) is 4.79 Å². The lowest BCUT2D eigenvalue weighted by molar-refractivity contribution is -0.113. The van der Waals surface area contributed by atoms with Gasteiger partial charge in [0.1, 0.15) is 0 Å². The Morgan fingerprint density at radius 1 is 1.17 bits per heavy atom. The van der Waals surface area contributed by atoms with Gasteiger partial charge in [0.15, 0.2) is 0 Å². The Labute approximate surface area is 182 Å². The number of amides is 2. The highest BCUT2D eigenvalue weighted by molar-refractivity contribution is 8.19. The molecule has 0 aliphatic carbocycles. The fourth-order valence-corrected chi connectivity index (χ4v) is 5.65. The number of aryl methyl sites for hydroxylation is 1. The first kappa shape index (κ1) is 20.7. The minimum Gasteiger partial charge on any atom is -0.366 e. The molecule has 0 radical (unpaired) electrons. The van der Waals surface area contributed by atoms with Crippen molar-refractivity contribution in [3.05, 3.63) is 64.1 Å². The minimum atomic E-state index is -0.252. The number of thioether (sulfide) groups is 1. The first-order valence-electron chi connectivity index (χ1n) is 10.5. The van der Waals surface area contributed by atoms with Gasteiger partial charge < -0.3 is 4.90 Å². The smallest absolute Gasteiger partial charge is 0.298 e. The molecule has 2 aromatic rings. The average molecular weight is 421 g/mol. The Morgan fingerprint density at radius 3 is 2.53 bits per heavy atom. The molecule has 2 heterocycles. The second-order valence-corrected chi connectivity index (χ2v) is 9.78. The Bertz CT molecular complexity index is 1040. The summed E-state index contributed by atoms with van der Waals surface area (Å²) in [5.41, 5.74) is 5.45. The Hall–Kier alpha value is -2.53. The van der Waals surface area contributed by atoms with Crippen molar-refractivity contribution >= 4 is 40.4 Å². The predicted molar refractivity (Wildman–Crippen MR) is 126 cm³/mol. The lowest BCUT2D eigenvalue weighted by Crippen LogP contribution is -2.48. The average Bonchev–Trinajstić information content (AvgIpc) is 2.96. The number of carbonyl (C=O) groups is 2. The fourth-order valence-electron chi connectivity index (χ4n) is 4.81. The normalized spacial score (nSPS) is 22.0. The molecule has 0 bridgehead atoms. The second kappa shape index (κ2) is 7.62. The van der Waals surface area contributed by atoms with Gasteiger partial charge in [-0.3, -0.25) is 9.59 Å². The summed E-state index contributed by atoms with van der Waals surface area (Å²) in [5.74, 6) is 0.183. The standard InChI is InChI=1S/C25H28N2O2S/c1-6-26-21-12-16(2)18(13-20(21)17(3)15-25(26,4)5)14-22-23(28)27(24(29)30-22)19-10-8-7-9-11-19/h7-14,17H,6,15H2,1-5H3/b22-14-/t17-/m1/s1. The quantitative estimate of drug-likeness (QED) is 0.543. The van der Waals surface area contributed by atoms with Crippen molar-refractivity contribution in [3.8, 4) is 0 Å². The van der Waals surface area contributed by atoms with Gasteiger partial charge in [-0.1, -0.05) is 25.1 Å². The summed E-state index contributed by atoms with van der Waals surface area (Å²) in [6, 6.07) is 13.6. The van der Waals surface area contributed by atoms with Crippen LogP contribution < -0.4 is 9.80 Å². The molecule has 2 amide bonds. The van der Waals surface area contributed by atoms with Crippen LogP contribution in [0.15, 0.2) is 47.4 Å². The SMILES string of the molecule is CCN1c2cc(C)c(/C=C3\SC(=O)N(c4ccccc4)C3=O)cc2[C@H](C)CC1(C)C. The van der Waals surface area contributed by atoms with Crippen LogP contribution in [0.1, 0.15) is 56.7 Å². The van der Waals surface area contributed by atoms with Gasteiger partial charge in [-0.2, -0.15) is 0 Å². The van der Waals surface area contributed by atoms with E-state index >= 15 is 0 Å². The molecule has 2 aliphatic rings. The number of para-hydroxylation sites is 1. The molecule has 4 nitrogen and oxygen atoms in total. The summed E-state index contributed by atoms with van der Waals surface area (Å²) in [7, 11) is 0. The third-order valence-corrected chi connectivity index (χ3v) is 7.05. The number of hydrogen-bond donors (Lipinski definition) is 0. The Morgan fingerprint density at radius 2 is 1.87 bits per heavy atom. The summed E-state index contributed by atoms with van der Waals surface area (Å²) < 4.78 is 0. The highest BCUT2D eigenvalue weighted by atomic mass is 32.2. The topological polar surface area (TPSA) is 40.6 Å². The second-order valence-electron chi connectivity index (χ2n) is 8.78. The summed E-state index contributed by atoms with van der Waals surface area (Å²) in [6.45, 7) is 12.1. The number of imide groups is 1. The highest BCUT2D eigenvalue weighted by Crippen LogP contribution is 2.45. The number of fused-ring (bicyclic) bond motifs is 1.